The molecule has 0 N–H and O–H groups in total. The molecule has 0 saturated carbocycles. The number of carbonyl (C=O) groups excluding carboxylic acids is 3. The molecule has 0 atom stereocenters. The summed E-state index contributed by atoms with van der Waals surface area (Å²) < 4.78 is 11.6. The van der Waals surface area contributed by atoms with Gasteiger partial charge in [0.1, 0.15) is 12.3 Å². The summed E-state index contributed by atoms with van der Waals surface area (Å²) in [6.07, 6.45) is 3.48. The van der Waals surface area contributed by atoms with Gasteiger partial charge in [0.2, 0.25) is 0 Å². The smallest absolute Gasteiger partial charge is 0.325 e. The number of amides is 2. The standard InChI is InChI=1S/C18H16N2O5S/c1-24-14-7-5-12(6-8-14)19-9-3-4-13(19)10-15-17(22)20(18(23)26-15)11-16(21)25-2/h3-10H,11H2,1-2H3/b15-10+. The van der Waals surface area contributed by atoms with Crippen LogP contribution < -0.4 is 4.74 Å². The Morgan fingerprint density at radius 1 is 1.15 bits per heavy atom. The Balaban J connectivity index is 1.87. The summed E-state index contributed by atoms with van der Waals surface area (Å²) >= 11 is 0.800. The number of carbonyl (C=O) groups is 3. The van der Waals surface area contributed by atoms with Crippen LogP contribution in [0.2, 0.25) is 0 Å². The molecule has 1 aliphatic heterocycles. The highest BCUT2D eigenvalue weighted by Gasteiger charge is 2.36. The first-order chi connectivity index (χ1) is 12.5. The molecule has 1 aromatic heterocycles. The van der Waals surface area contributed by atoms with E-state index in [1.165, 1.54) is 7.11 Å². The van der Waals surface area contributed by atoms with Gasteiger partial charge >= 0.3 is 5.97 Å². The molecule has 2 amide bonds. The van der Waals surface area contributed by atoms with Gasteiger partial charge in [-0.15, -0.1) is 0 Å². The van der Waals surface area contributed by atoms with Crippen LogP contribution >= 0.6 is 11.8 Å². The summed E-state index contributed by atoms with van der Waals surface area (Å²) in [7, 11) is 2.81. The Hall–Kier alpha value is -3.00. The number of esters is 1. The van der Waals surface area contributed by atoms with Crippen molar-refractivity contribution in [2.75, 3.05) is 20.8 Å². The number of nitrogens with zero attached hydrogens (tertiary/aromatic N) is 2. The minimum Gasteiger partial charge on any atom is -0.497 e. The number of benzene rings is 1. The highest BCUT2D eigenvalue weighted by atomic mass is 32.2. The van der Waals surface area contributed by atoms with Gasteiger partial charge < -0.3 is 14.0 Å². The Morgan fingerprint density at radius 2 is 1.88 bits per heavy atom. The van der Waals surface area contributed by atoms with Crippen LogP contribution in [0, 0.1) is 0 Å². The Bertz CT molecular complexity index is 885. The Labute approximate surface area is 154 Å². The second kappa shape index (κ2) is 7.49. The van der Waals surface area contributed by atoms with Gasteiger partial charge in [0.05, 0.1) is 19.1 Å². The van der Waals surface area contributed by atoms with E-state index in [0.717, 1.165) is 33.8 Å². The highest BCUT2D eigenvalue weighted by Crippen LogP contribution is 2.32. The van der Waals surface area contributed by atoms with Gasteiger partial charge in [-0.05, 0) is 54.2 Å². The predicted octanol–water partition coefficient (Wildman–Crippen LogP) is 2.70. The molecule has 3 rings (SSSR count). The van der Waals surface area contributed by atoms with Crippen LogP contribution in [0.25, 0.3) is 11.8 Å². The zero-order valence-electron chi connectivity index (χ0n) is 14.2. The van der Waals surface area contributed by atoms with Crippen LogP contribution in [-0.2, 0) is 14.3 Å². The SMILES string of the molecule is COC(=O)CN1C(=O)S/C(=C/c2cccn2-c2ccc(OC)cc2)C1=O. The van der Waals surface area contributed by atoms with Crippen LogP contribution in [0.15, 0.2) is 47.5 Å². The largest absolute Gasteiger partial charge is 0.497 e. The van der Waals surface area contributed by atoms with Gasteiger partial charge in [0, 0.05) is 17.6 Å². The molecule has 134 valence electrons. The van der Waals surface area contributed by atoms with Crippen LogP contribution in [0.1, 0.15) is 5.69 Å². The van der Waals surface area contributed by atoms with Gasteiger partial charge in [-0.1, -0.05) is 0 Å². The fraction of sp³-hybridized carbons (Fsp3) is 0.167. The van der Waals surface area contributed by atoms with Gasteiger partial charge in [-0.2, -0.15) is 0 Å². The summed E-state index contributed by atoms with van der Waals surface area (Å²) in [6, 6.07) is 11.1. The van der Waals surface area contributed by atoms with Crippen molar-refractivity contribution in [3.8, 4) is 11.4 Å². The van der Waals surface area contributed by atoms with E-state index in [2.05, 4.69) is 4.74 Å². The summed E-state index contributed by atoms with van der Waals surface area (Å²) in [4.78, 5) is 36.9. The van der Waals surface area contributed by atoms with Gasteiger partial charge in [0.15, 0.2) is 0 Å². The number of ether oxygens (including phenoxy) is 2. The molecular formula is C18H16N2O5S. The maximum absolute atomic E-state index is 12.4. The minimum atomic E-state index is -0.643. The number of hydrogen-bond acceptors (Lipinski definition) is 6. The first kappa shape index (κ1) is 17.8. The molecule has 1 aliphatic rings. The second-order valence-electron chi connectivity index (χ2n) is 5.35. The lowest BCUT2D eigenvalue weighted by atomic mass is 10.3. The lowest BCUT2D eigenvalue weighted by molar-refractivity contribution is -0.143. The molecule has 0 aliphatic carbocycles. The third-order valence-corrected chi connectivity index (χ3v) is 4.71. The molecule has 1 fully saturated rings. The summed E-state index contributed by atoms with van der Waals surface area (Å²) in [6.45, 7) is -0.391. The Morgan fingerprint density at radius 3 is 2.54 bits per heavy atom. The minimum absolute atomic E-state index is 0.257. The number of methoxy groups -OCH3 is 2. The molecular weight excluding hydrogens is 356 g/mol. The average Bonchev–Trinajstić information content (AvgIpc) is 3.22. The van der Waals surface area contributed by atoms with Gasteiger partial charge in [-0.25, -0.2) is 0 Å². The van der Waals surface area contributed by atoms with Crippen molar-refractivity contribution >= 4 is 35.0 Å². The molecule has 1 saturated heterocycles. The lowest BCUT2D eigenvalue weighted by Gasteiger charge is -2.10. The first-order valence-corrected chi connectivity index (χ1v) is 8.49. The molecule has 2 aromatic rings. The van der Waals surface area contributed by atoms with Crippen molar-refractivity contribution in [1.82, 2.24) is 9.47 Å². The molecule has 0 unspecified atom stereocenters. The molecule has 2 heterocycles. The molecule has 0 bridgehead atoms. The topological polar surface area (TPSA) is 77.8 Å². The number of hydrogen-bond donors (Lipinski definition) is 0. The highest BCUT2D eigenvalue weighted by molar-refractivity contribution is 8.18. The molecule has 1 aromatic carbocycles. The average molecular weight is 372 g/mol. The van der Waals surface area contributed by atoms with E-state index in [0.29, 0.717) is 0 Å². The van der Waals surface area contributed by atoms with Crippen molar-refractivity contribution < 1.29 is 23.9 Å². The maximum Gasteiger partial charge on any atom is 0.325 e. The van der Waals surface area contributed by atoms with Crippen molar-refractivity contribution in [1.29, 1.82) is 0 Å². The van der Waals surface area contributed by atoms with Gasteiger partial charge in [-0.3, -0.25) is 19.3 Å². The van der Waals surface area contributed by atoms with E-state index < -0.39 is 23.7 Å². The van der Waals surface area contributed by atoms with Crippen molar-refractivity contribution in [3.63, 3.8) is 0 Å². The molecule has 26 heavy (non-hydrogen) atoms. The quantitative estimate of drug-likeness (QED) is 0.593. The summed E-state index contributed by atoms with van der Waals surface area (Å²) in [5.41, 5.74) is 1.62. The molecule has 0 radical (unpaired) electrons. The van der Waals surface area contributed by atoms with Crippen molar-refractivity contribution in [3.05, 3.63) is 53.2 Å². The number of thioether (sulfide) groups is 1. The second-order valence-corrected chi connectivity index (χ2v) is 6.34. The maximum atomic E-state index is 12.4. The van der Waals surface area contributed by atoms with E-state index in [1.807, 2.05) is 47.2 Å². The molecule has 0 spiro atoms. The van der Waals surface area contributed by atoms with Gasteiger partial charge in [0.25, 0.3) is 11.1 Å². The first-order valence-electron chi connectivity index (χ1n) is 7.67. The van der Waals surface area contributed by atoms with E-state index in [-0.39, 0.29) is 4.91 Å². The van der Waals surface area contributed by atoms with Crippen molar-refractivity contribution in [2.24, 2.45) is 0 Å². The lowest BCUT2D eigenvalue weighted by Crippen LogP contribution is -2.34. The number of rotatable bonds is 5. The third-order valence-electron chi connectivity index (χ3n) is 3.80. The molecule has 7 nitrogen and oxygen atoms in total. The van der Waals surface area contributed by atoms with E-state index >= 15 is 0 Å². The molecule has 8 heteroatoms. The van der Waals surface area contributed by atoms with Crippen LogP contribution in [-0.4, -0.2) is 47.3 Å². The number of aromatic nitrogens is 1. The van der Waals surface area contributed by atoms with Crippen molar-refractivity contribution in [2.45, 2.75) is 0 Å². The number of imide groups is 1. The fourth-order valence-corrected chi connectivity index (χ4v) is 3.28. The summed E-state index contributed by atoms with van der Waals surface area (Å²) in [5.74, 6) is -0.408. The van der Waals surface area contributed by atoms with E-state index in [1.54, 1.807) is 13.2 Å². The fourth-order valence-electron chi connectivity index (χ4n) is 2.45. The Kier molecular flexibility index (Phi) is 5.13. The van der Waals surface area contributed by atoms with E-state index in [4.69, 9.17) is 4.74 Å². The summed E-state index contributed by atoms with van der Waals surface area (Å²) in [5, 5.41) is -0.491. The zero-order valence-corrected chi connectivity index (χ0v) is 15.0. The normalized spacial score (nSPS) is 15.6. The third kappa shape index (κ3) is 3.50. The predicted molar refractivity (Wildman–Crippen MR) is 97.0 cm³/mol. The van der Waals surface area contributed by atoms with Crippen LogP contribution in [0.3, 0.4) is 0 Å². The monoisotopic (exact) mass is 372 g/mol. The van der Waals surface area contributed by atoms with Crippen LogP contribution in [0.4, 0.5) is 4.79 Å². The zero-order chi connectivity index (χ0) is 18.7. The van der Waals surface area contributed by atoms with Crippen LogP contribution in [0.5, 0.6) is 5.75 Å². The van der Waals surface area contributed by atoms with E-state index in [9.17, 15) is 14.4 Å².